The number of nitrogens with zero attached hydrogens (tertiary/aromatic N) is 1. The van der Waals surface area contributed by atoms with Crippen molar-refractivity contribution in [3.05, 3.63) is 29.8 Å². The molecule has 1 aromatic rings. The zero-order valence-electron chi connectivity index (χ0n) is 13.5. The molecule has 1 unspecified atom stereocenters. The molecule has 6 nitrogen and oxygen atoms in total. The molecule has 0 saturated carbocycles. The largest absolute Gasteiger partial charge is 0.416 e. The normalized spacial score (nSPS) is 17.5. The van der Waals surface area contributed by atoms with E-state index in [-0.39, 0.29) is 43.6 Å². The molecule has 2 N–H and O–H groups in total. The van der Waals surface area contributed by atoms with Crippen molar-refractivity contribution in [3.8, 4) is 0 Å². The fourth-order valence-corrected chi connectivity index (χ4v) is 2.55. The number of carbonyl (C=O) groups is 3. The van der Waals surface area contributed by atoms with Gasteiger partial charge in [-0.25, -0.2) is 0 Å². The second kappa shape index (κ2) is 7.54. The number of halogens is 3. The molecule has 0 bridgehead atoms. The number of hydrogen-bond acceptors (Lipinski definition) is 3. The maximum Gasteiger partial charge on any atom is 0.416 e. The van der Waals surface area contributed by atoms with E-state index in [1.807, 2.05) is 0 Å². The molecule has 1 atom stereocenters. The van der Waals surface area contributed by atoms with Crippen LogP contribution in [-0.2, 0) is 20.6 Å². The van der Waals surface area contributed by atoms with Crippen LogP contribution < -0.4 is 15.5 Å². The Morgan fingerprint density at radius 1 is 1.24 bits per heavy atom. The smallest absolute Gasteiger partial charge is 0.355 e. The van der Waals surface area contributed by atoms with Gasteiger partial charge in [-0.2, -0.15) is 13.2 Å². The van der Waals surface area contributed by atoms with Crippen molar-refractivity contribution < 1.29 is 27.6 Å². The third-order valence-corrected chi connectivity index (χ3v) is 3.78. The van der Waals surface area contributed by atoms with Crippen LogP contribution >= 0.6 is 0 Å². The van der Waals surface area contributed by atoms with Gasteiger partial charge in [-0.1, -0.05) is 6.07 Å². The first-order valence-corrected chi connectivity index (χ1v) is 7.68. The number of amides is 3. The average Bonchev–Trinajstić information content (AvgIpc) is 2.92. The second-order valence-corrected chi connectivity index (χ2v) is 5.73. The van der Waals surface area contributed by atoms with E-state index in [4.69, 9.17) is 0 Å². The molecule has 1 saturated heterocycles. The van der Waals surface area contributed by atoms with Crippen molar-refractivity contribution in [1.29, 1.82) is 0 Å². The topological polar surface area (TPSA) is 78.5 Å². The number of benzene rings is 1. The van der Waals surface area contributed by atoms with E-state index >= 15 is 0 Å². The fraction of sp³-hybridized carbons (Fsp3) is 0.438. The molecule has 9 heteroatoms. The first-order valence-electron chi connectivity index (χ1n) is 7.68. The highest BCUT2D eigenvalue weighted by molar-refractivity contribution is 6.00. The van der Waals surface area contributed by atoms with Crippen LogP contribution in [0, 0.1) is 5.92 Å². The number of carbonyl (C=O) groups excluding carboxylic acids is 3. The van der Waals surface area contributed by atoms with Crippen molar-refractivity contribution >= 4 is 23.4 Å². The highest BCUT2D eigenvalue weighted by Gasteiger charge is 2.36. The lowest BCUT2D eigenvalue weighted by molar-refractivity contribution is -0.137. The molecule has 0 spiro atoms. The Morgan fingerprint density at radius 3 is 2.56 bits per heavy atom. The molecule has 0 radical (unpaired) electrons. The summed E-state index contributed by atoms with van der Waals surface area (Å²) in [6.45, 7) is 1.85. The number of rotatable bonds is 5. The van der Waals surface area contributed by atoms with Gasteiger partial charge in [-0.15, -0.1) is 0 Å². The van der Waals surface area contributed by atoms with Gasteiger partial charge in [0.25, 0.3) is 0 Å². The zero-order valence-corrected chi connectivity index (χ0v) is 13.5. The lowest BCUT2D eigenvalue weighted by atomic mass is 10.1. The SMILES string of the molecule is CC(=O)NCCNC(=O)C1CC(=O)N(c2cccc(C(F)(F)F)c2)C1. The van der Waals surface area contributed by atoms with E-state index in [0.717, 1.165) is 12.1 Å². The van der Waals surface area contributed by atoms with Crippen molar-refractivity contribution in [2.24, 2.45) is 5.92 Å². The number of hydrogen-bond donors (Lipinski definition) is 2. The van der Waals surface area contributed by atoms with E-state index in [2.05, 4.69) is 10.6 Å². The summed E-state index contributed by atoms with van der Waals surface area (Å²) in [5.41, 5.74) is -0.727. The number of anilines is 1. The van der Waals surface area contributed by atoms with Crippen LogP contribution in [0.3, 0.4) is 0 Å². The lowest BCUT2D eigenvalue weighted by Gasteiger charge is -2.18. The Bertz CT molecular complexity index is 676. The molecule has 3 amide bonds. The van der Waals surface area contributed by atoms with Gasteiger partial charge in [0.05, 0.1) is 11.5 Å². The van der Waals surface area contributed by atoms with Crippen molar-refractivity contribution in [3.63, 3.8) is 0 Å². The van der Waals surface area contributed by atoms with E-state index in [0.29, 0.717) is 0 Å². The Labute approximate surface area is 142 Å². The van der Waals surface area contributed by atoms with Crippen LogP contribution in [0.2, 0.25) is 0 Å². The summed E-state index contributed by atoms with van der Waals surface area (Å²) in [4.78, 5) is 36.1. The van der Waals surface area contributed by atoms with Gasteiger partial charge in [0.2, 0.25) is 17.7 Å². The van der Waals surface area contributed by atoms with Gasteiger partial charge in [0.1, 0.15) is 0 Å². The summed E-state index contributed by atoms with van der Waals surface area (Å²) in [7, 11) is 0. The molecule has 2 rings (SSSR count). The van der Waals surface area contributed by atoms with E-state index in [1.54, 1.807) is 0 Å². The minimum absolute atomic E-state index is 0.0200. The fourth-order valence-electron chi connectivity index (χ4n) is 2.55. The molecular formula is C16H18F3N3O3. The molecule has 0 aliphatic carbocycles. The van der Waals surface area contributed by atoms with Gasteiger partial charge in [-0.3, -0.25) is 14.4 Å². The maximum atomic E-state index is 12.8. The summed E-state index contributed by atoms with van der Waals surface area (Å²) >= 11 is 0. The molecule has 1 aliphatic heterocycles. The summed E-state index contributed by atoms with van der Waals surface area (Å²) in [6.07, 6.45) is -4.57. The Morgan fingerprint density at radius 2 is 1.92 bits per heavy atom. The summed E-state index contributed by atoms with van der Waals surface area (Å²) in [5, 5.41) is 5.11. The Balaban J connectivity index is 1.98. The van der Waals surface area contributed by atoms with Crippen molar-refractivity contribution in [2.75, 3.05) is 24.5 Å². The Kier molecular flexibility index (Phi) is 5.66. The van der Waals surface area contributed by atoms with Gasteiger partial charge in [0, 0.05) is 38.7 Å². The van der Waals surface area contributed by atoms with Crippen LogP contribution in [0.15, 0.2) is 24.3 Å². The molecule has 1 heterocycles. The molecular weight excluding hydrogens is 339 g/mol. The van der Waals surface area contributed by atoms with Crippen LogP contribution in [0.4, 0.5) is 18.9 Å². The van der Waals surface area contributed by atoms with Gasteiger partial charge in [0.15, 0.2) is 0 Å². The summed E-state index contributed by atoms with van der Waals surface area (Å²) < 4.78 is 38.4. The van der Waals surface area contributed by atoms with Crippen LogP contribution in [0.25, 0.3) is 0 Å². The van der Waals surface area contributed by atoms with Gasteiger partial charge < -0.3 is 15.5 Å². The van der Waals surface area contributed by atoms with E-state index in [9.17, 15) is 27.6 Å². The zero-order chi connectivity index (χ0) is 18.6. The minimum atomic E-state index is -4.50. The van der Waals surface area contributed by atoms with Crippen LogP contribution in [-0.4, -0.2) is 37.4 Å². The number of alkyl halides is 3. The third-order valence-electron chi connectivity index (χ3n) is 3.78. The van der Waals surface area contributed by atoms with Crippen LogP contribution in [0.1, 0.15) is 18.9 Å². The Hall–Kier alpha value is -2.58. The predicted octanol–water partition coefficient (Wildman–Crippen LogP) is 1.31. The standard InChI is InChI=1S/C16H18F3N3O3/c1-10(23)20-5-6-21-15(25)11-7-14(24)22(9-11)13-4-2-3-12(8-13)16(17,18)19/h2-4,8,11H,5-7,9H2,1H3,(H,20,23)(H,21,25). The second-order valence-electron chi connectivity index (χ2n) is 5.73. The molecule has 0 aromatic heterocycles. The third kappa shape index (κ3) is 4.94. The first-order chi connectivity index (χ1) is 11.7. The van der Waals surface area contributed by atoms with Crippen LogP contribution in [0.5, 0.6) is 0 Å². The average molecular weight is 357 g/mol. The highest BCUT2D eigenvalue weighted by atomic mass is 19.4. The maximum absolute atomic E-state index is 12.8. The molecule has 25 heavy (non-hydrogen) atoms. The van der Waals surface area contributed by atoms with Crippen molar-refractivity contribution in [2.45, 2.75) is 19.5 Å². The van der Waals surface area contributed by atoms with E-state index < -0.39 is 23.6 Å². The highest BCUT2D eigenvalue weighted by Crippen LogP contribution is 2.33. The number of nitrogens with one attached hydrogen (secondary N) is 2. The first kappa shape index (κ1) is 18.8. The van der Waals surface area contributed by atoms with E-state index in [1.165, 1.54) is 24.0 Å². The summed E-state index contributed by atoms with van der Waals surface area (Å²) in [5.74, 6) is -1.63. The quantitative estimate of drug-likeness (QED) is 0.780. The molecule has 1 aliphatic rings. The molecule has 1 fully saturated rings. The molecule has 1 aromatic carbocycles. The van der Waals surface area contributed by atoms with Crippen molar-refractivity contribution in [1.82, 2.24) is 10.6 Å². The minimum Gasteiger partial charge on any atom is -0.355 e. The van der Waals surface area contributed by atoms with Gasteiger partial charge >= 0.3 is 6.18 Å². The monoisotopic (exact) mass is 357 g/mol. The summed E-state index contributed by atoms with van der Waals surface area (Å²) in [6, 6.07) is 4.46. The lowest BCUT2D eigenvalue weighted by Crippen LogP contribution is -2.38. The predicted molar refractivity (Wildman–Crippen MR) is 83.6 cm³/mol. The molecule has 136 valence electrons. The van der Waals surface area contributed by atoms with Gasteiger partial charge in [-0.05, 0) is 18.2 Å².